The summed E-state index contributed by atoms with van der Waals surface area (Å²) in [6.07, 6.45) is 1.61. The Morgan fingerprint density at radius 3 is 2.69 bits per heavy atom. The van der Waals surface area contributed by atoms with Gasteiger partial charge >= 0.3 is 0 Å². The smallest absolute Gasteiger partial charge is 0.259 e. The molecule has 3 N–H and O–H groups in total. The molecular weight excluding hydrogens is 411 g/mol. The number of halogens is 1. The van der Waals surface area contributed by atoms with E-state index in [0.29, 0.717) is 39.6 Å². The van der Waals surface area contributed by atoms with Crippen LogP contribution in [-0.4, -0.2) is 28.8 Å². The Morgan fingerprint density at radius 1 is 1.09 bits per heavy atom. The number of nitrogens with zero attached hydrogens (tertiary/aromatic N) is 1. The highest BCUT2D eigenvalue weighted by Crippen LogP contribution is 2.22. The fourth-order valence-corrected chi connectivity index (χ4v) is 3.32. The molecule has 32 heavy (non-hydrogen) atoms. The zero-order chi connectivity index (χ0) is 22.7. The first kappa shape index (κ1) is 21.0. The van der Waals surface area contributed by atoms with Gasteiger partial charge in [-0.2, -0.15) is 0 Å². The van der Waals surface area contributed by atoms with E-state index in [2.05, 4.69) is 20.6 Å². The second kappa shape index (κ2) is 8.89. The van der Waals surface area contributed by atoms with Gasteiger partial charge in [-0.05, 0) is 42.5 Å². The predicted octanol–water partition coefficient (Wildman–Crippen LogP) is 4.78. The van der Waals surface area contributed by atoms with Crippen molar-refractivity contribution in [2.75, 3.05) is 17.7 Å². The highest BCUT2D eigenvalue weighted by Gasteiger charge is 2.13. The van der Waals surface area contributed by atoms with Crippen LogP contribution in [0.5, 0.6) is 5.75 Å². The van der Waals surface area contributed by atoms with Gasteiger partial charge in [-0.15, -0.1) is 0 Å². The van der Waals surface area contributed by atoms with Crippen LogP contribution in [-0.2, 0) is 6.54 Å². The van der Waals surface area contributed by atoms with Crippen LogP contribution in [0.15, 0.2) is 60.8 Å². The molecule has 0 radical (unpaired) electrons. The first-order valence-electron chi connectivity index (χ1n) is 9.91. The maximum Gasteiger partial charge on any atom is 0.259 e. The van der Waals surface area contributed by atoms with Crippen LogP contribution in [0.25, 0.3) is 11.0 Å². The van der Waals surface area contributed by atoms with Gasteiger partial charge in [-0.1, -0.05) is 12.1 Å². The van der Waals surface area contributed by atoms with E-state index < -0.39 is 5.82 Å². The third-order valence-corrected chi connectivity index (χ3v) is 4.99. The predicted molar refractivity (Wildman–Crippen MR) is 121 cm³/mol. The van der Waals surface area contributed by atoms with E-state index in [4.69, 9.17) is 4.74 Å². The molecule has 0 atom stereocenters. The van der Waals surface area contributed by atoms with Crippen molar-refractivity contribution in [3.63, 3.8) is 0 Å². The Hall–Kier alpha value is -4.20. The van der Waals surface area contributed by atoms with Crippen molar-refractivity contribution >= 4 is 34.1 Å². The number of methoxy groups -OCH3 is 1. The lowest BCUT2D eigenvalue weighted by molar-refractivity contribution is 0.100. The van der Waals surface area contributed by atoms with Crippen molar-refractivity contribution in [3.05, 3.63) is 83.4 Å². The number of amides is 1. The van der Waals surface area contributed by atoms with Gasteiger partial charge in [0.15, 0.2) is 5.78 Å². The molecule has 2 aromatic heterocycles. The molecule has 2 heterocycles. The first-order valence-corrected chi connectivity index (χ1v) is 9.91. The molecular formula is C24H21FN4O3. The molecule has 0 unspecified atom stereocenters. The van der Waals surface area contributed by atoms with Gasteiger partial charge in [0.05, 0.1) is 30.3 Å². The molecule has 4 rings (SSSR count). The number of ether oxygens (including phenoxy) is 1. The molecule has 4 aromatic rings. The number of carbonyl (C=O) groups excluding carboxylic acids is 2. The number of Topliss-reactive ketones (excluding diaryl/α,β-unsaturated/α-hetero) is 1. The van der Waals surface area contributed by atoms with Crippen molar-refractivity contribution in [1.29, 1.82) is 0 Å². The molecule has 0 aliphatic rings. The molecule has 162 valence electrons. The summed E-state index contributed by atoms with van der Waals surface area (Å²) in [6.45, 7) is 1.66. The number of benzene rings is 2. The minimum Gasteiger partial charge on any atom is -0.496 e. The van der Waals surface area contributed by atoms with E-state index in [9.17, 15) is 14.0 Å². The number of rotatable bonds is 7. The van der Waals surface area contributed by atoms with Gasteiger partial charge in [0, 0.05) is 30.1 Å². The topological polar surface area (TPSA) is 96.1 Å². The molecule has 0 saturated heterocycles. The van der Waals surface area contributed by atoms with Crippen LogP contribution >= 0.6 is 0 Å². The van der Waals surface area contributed by atoms with Crippen LogP contribution < -0.4 is 15.4 Å². The number of hydrogen-bond donors (Lipinski definition) is 3. The number of pyridine rings is 1. The van der Waals surface area contributed by atoms with Crippen LogP contribution in [0, 0.1) is 5.82 Å². The molecule has 0 aliphatic heterocycles. The lowest BCUT2D eigenvalue weighted by Gasteiger charge is -2.12. The molecule has 8 heteroatoms. The Balaban J connectivity index is 1.49. The summed E-state index contributed by atoms with van der Waals surface area (Å²) in [5, 5.41) is 6.68. The summed E-state index contributed by atoms with van der Waals surface area (Å²) in [5.41, 5.74) is 2.98. The van der Waals surface area contributed by atoms with Gasteiger partial charge in [-0.25, -0.2) is 9.37 Å². The average molecular weight is 432 g/mol. The van der Waals surface area contributed by atoms with E-state index in [1.54, 1.807) is 42.6 Å². The molecule has 0 bridgehead atoms. The Kier molecular flexibility index (Phi) is 5.85. The molecule has 1 amide bonds. The number of carbonyl (C=O) groups is 2. The van der Waals surface area contributed by atoms with Crippen molar-refractivity contribution < 1.29 is 18.7 Å². The number of fused-ring (bicyclic) bond motifs is 1. The maximum absolute atomic E-state index is 14.4. The molecule has 0 fully saturated rings. The second-order valence-corrected chi connectivity index (χ2v) is 7.22. The fraction of sp³-hybridized carbons (Fsp3) is 0.125. The monoisotopic (exact) mass is 432 g/mol. The third kappa shape index (κ3) is 4.44. The average Bonchev–Trinajstić information content (AvgIpc) is 3.23. The van der Waals surface area contributed by atoms with Crippen molar-refractivity contribution in [2.24, 2.45) is 0 Å². The lowest BCUT2D eigenvalue weighted by Crippen LogP contribution is -2.13. The van der Waals surface area contributed by atoms with E-state index in [1.807, 2.05) is 6.07 Å². The van der Waals surface area contributed by atoms with E-state index >= 15 is 0 Å². The van der Waals surface area contributed by atoms with Crippen LogP contribution in [0.1, 0.15) is 33.3 Å². The number of hydrogen-bond acceptors (Lipinski definition) is 5. The molecule has 7 nitrogen and oxygen atoms in total. The fourth-order valence-electron chi connectivity index (χ4n) is 3.32. The molecule has 0 aliphatic carbocycles. The van der Waals surface area contributed by atoms with Gasteiger partial charge in [0.1, 0.15) is 17.2 Å². The molecule has 2 aromatic carbocycles. The standard InChI is InChI=1S/C24H21FN4O3/c1-14(30)21-11-15-9-18(13-27-23(15)29-21)26-12-16-10-17(7-8-20(16)25)28-24(31)19-5-3-4-6-22(19)32-2/h3-11,13,26H,12H2,1-2H3,(H,27,29)(H,28,31). The largest absolute Gasteiger partial charge is 0.496 e. The highest BCUT2D eigenvalue weighted by molar-refractivity contribution is 6.06. The van der Waals surface area contributed by atoms with E-state index in [-0.39, 0.29) is 18.2 Å². The van der Waals surface area contributed by atoms with Gasteiger partial charge in [0.2, 0.25) is 0 Å². The van der Waals surface area contributed by atoms with Gasteiger partial charge < -0.3 is 20.4 Å². The summed E-state index contributed by atoms with van der Waals surface area (Å²) in [7, 11) is 1.49. The Bertz CT molecular complexity index is 1320. The zero-order valence-electron chi connectivity index (χ0n) is 17.5. The summed E-state index contributed by atoms with van der Waals surface area (Å²) in [6, 6.07) is 14.8. The minimum atomic E-state index is -0.401. The number of ketones is 1. The van der Waals surface area contributed by atoms with E-state index in [1.165, 1.54) is 26.2 Å². The number of H-pyrrole nitrogens is 1. The summed E-state index contributed by atoms with van der Waals surface area (Å²) in [4.78, 5) is 31.4. The summed E-state index contributed by atoms with van der Waals surface area (Å²) in [5.74, 6) is -0.375. The normalized spacial score (nSPS) is 10.7. The zero-order valence-corrected chi connectivity index (χ0v) is 17.5. The number of anilines is 2. The summed E-state index contributed by atoms with van der Waals surface area (Å²) < 4.78 is 19.6. The Morgan fingerprint density at radius 2 is 1.91 bits per heavy atom. The number of aromatic nitrogens is 2. The van der Waals surface area contributed by atoms with Gasteiger partial charge in [0.25, 0.3) is 5.91 Å². The van der Waals surface area contributed by atoms with Crippen LogP contribution in [0.4, 0.5) is 15.8 Å². The maximum atomic E-state index is 14.4. The van der Waals surface area contributed by atoms with Crippen LogP contribution in [0.2, 0.25) is 0 Å². The minimum absolute atomic E-state index is 0.0773. The molecule has 0 spiro atoms. The lowest BCUT2D eigenvalue weighted by atomic mass is 10.1. The van der Waals surface area contributed by atoms with Crippen LogP contribution in [0.3, 0.4) is 0 Å². The first-order chi connectivity index (χ1) is 15.4. The van der Waals surface area contributed by atoms with E-state index in [0.717, 1.165) is 5.39 Å². The van der Waals surface area contributed by atoms with Crippen molar-refractivity contribution in [2.45, 2.75) is 13.5 Å². The number of para-hydroxylation sites is 1. The summed E-state index contributed by atoms with van der Waals surface area (Å²) >= 11 is 0. The van der Waals surface area contributed by atoms with Crippen molar-refractivity contribution in [3.8, 4) is 5.75 Å². The van der Waals surface area contributed by atoms with Gasteiger partial charge in [-0.3, -0.25) is 9.59 Å². The third-order valence-electron chi connectivity index (χ3n) is 4.99. The second-order valence-electron chi connectivity index (χ2n) is 7.22. The SMILES string of the molecule is COc1ccccc1C(=O)Nc1ccc(F)c(CNc2cnc3[nH]c(C(C)=O)cc3c2)c1. The number of nitrogens with one attached hydrogen (secondary N) is 3. The molecule has 0 saturated carbocycles. The number of aromatic amines is 1. The van der Waals surface area contributed by atoms with Crippen molar-refractivity contribution in [1.82, 2.24) is 9.97 Å². The quantitative estimate of drug-likeness (QED) is 0.365. The Labute approximate surface area is 183 Å². The highest BCUT2D eigenvalue weighted by atomic mass is 19.1.